The van der Waals surface area contributed by atoms with Crippen molar-refractivity contribution in [3.63, 3.8) is 0 Å². The summed E-state index contributed by atoms with van der Waals surface area (Å²) < 4.78 is 46.0. The second kappa shape index (κ2) is 15.2. The summed E-state index contributed by atoms with van der Waals surface area (Å²) in [5.74, 6) is 0. The number of nitriles is 1. The predicted molar refractivity (Wildman–Crippen MR) is 140 cm³/mol. The summed E-state index contributed by atoms with van der Waals surface area (Å²) in [6.07, 6.45) is 1.11. The Balaban J connectivity index is 2.34. The maximum Gasteiger partial charge on any atom is 0.356 e. The average Bonchev–Trinajstić information content (AvgIpc) is 3.20. The molecule has 0 saturated heterocycles. The van der Waals surface area contributed by atoms with Crippen molar-refractivity contribution in [2.45, 2.75) is 91.1 Å². The summed E-state index contributed by atoms with van der Waals surface area (Å²) in [5.41, 5.74) is -1.00. The fourth-order valence-electron chi connectivity index (χ4n) is 4.27. The lowest BCUT2D eigenvalue weighted by atomic mass is 10.2. The van der Waals surface area contributed by atoms with E-state index in [9.17, 15) is 14.2 Å². The molecule has 2 unspecified atom stereocenters. The predicted octanol–water partition coefficient (Wildman–Crippen LogP) is 4.14. The number of aromatic amines is 1. The van der Waals surface area contributed by atoms with Gasteiger partial charge in [-0.25, -0.2) is 9.46 Å². The first kappa shape index (κ1) is 31.8. The Kier molecular flexibility index (Phi) is 13.1. The Morgan fingerprint density at radius 1 is 1.16 bits per heavy atom. The van der Waals surface area contributed by atoms with E-state index in [1.807, 2.05) is 27.7 Å². The second-order valence-electron chi connectivity index (χ2n) is 9.11. The van der Waals surface area contributed by atoms with E-state index in [2.05, 4.69) is 15.7 Å². The van der Waals surface area contributed by atoms with Crippen LogP contribution in [0.1, 0.15) is 66.8 Å². The molecule has 0 radical (unpaired) electrons. The van der Waals surface area contributed by atoms with Gasteiger partial charge in [0.05, 0.1) is 44.5 Å². The van der Waals surface area contributed by atoms with Crippen molar-refractivity contribution < 1.29 is 27.4 Å². The highest BCUT2D eigenvalue weighted by molar-refractivity contribution is 7.53. The minimum absolute atomic E-state index is 0.0997. The van der Waals surface area contributed by atoms with Crippen molar-refractivity contribution in [2.24, 2.45) is 0 Å². The molecule has 2 rings (SSSR count). The standard InChI is InChI=1S/C23H40N4O8P2/c1-7-33-37(30,34-8-2)16-31-20-14-19(26-12-10-22(28)25-23(26)29)15-21(20)35-36(32-13-9-11-24)27(17(3)4)18(5)6/h10,12,17-21H,7-9,13-16H2,1-6H3,(H,25,28,29)/t19-,20+,21?,36?/m1/s1. The first-order valence-corrected chi connectivity index (χ1v) is 15.5. The molecule has 1 aromatic heterocycles. The van der Waals surface area contributed by atoms with Gasteiger partial charge in [0, 0.05) is 30.4 Å². The van der Waals surface area contributed by atoms with Gasteiger partial charge >= 0.3 is 13.3 Å². The van der Waals surface area contributed by atoms with Crippen LogP contribution in [0.25, 0.3) is 0 Å². The van der Waals surface area contributed by atoms with E-state index in [1.165, 1.54) is 16.8 Å². The highest BCUT2D eigenvalue weighted by Gasteiger charge is 2.42. The number of hydrogen-bond donors (Lipinski definition) is 1. The van der Waals surface area contributed by atoms with Crippen molar-refractivity contribution in [1.82, 2.24) is 14.2 Å². The fourth-order valence-corrected chi connectivity index (χ4v) is 7.41. The molecule has 0 aromatic carbocycles. The second-order valence-corrected chi connectivity index (χ2v) is 12.5. The molecular formula is C23H40N4O8P2. The maximum atomic E-state index is 13.0. The number of rotatable bonds is 16. The molecule has 14 heteroatoms. The summed E-state index contributed by atoms with van der Waals surface area (Å²) in [7, 11) is -5.06. The lowest BCUT2D eigenvalue weighted by Gasteiger charge is -2.37. The van der Waals surface area contributed by atoms with E-state index in [0.717, 1.165) is 0 Å². The molecule has 12 nitrogen and oxygen atoms in total. The van der Waals surface area contributed by atoms with Gasteiger partial charge in [0.25, 0.3) is 14.1 Å². The third-order valence-corrected chi connectivity index (χ3v) is 9.58. The zero-order valence-corrected chi connectivity index (χ0v) is 24.3. The molecule has 1 heterocycles. The molecule has 0 bridgehead atoms. The van der Waals surface area contributed by atoms with Crippen LogP contribution in [-0.2, 0) is 27.4 Å². The molecule has 0 amide bonds. The van der Waals surface area contributed by atoms with Crippen LogP contribution in [0, 0.1) is 11.3 Å². The van der Waals surface area contributed by atoms with Crippen LogP contribution in [0.3, 0.4) is 0 Å². The smallest absolute Gasteiger partial charge is 0.356 e. The van der Waals surface area contributed by atoms with Gasteiger partial charge in [0.2, 0.25) is 0 Å². The molecule has 0 aliphatic heterocycles. The largest absolute Gasteiger partial charge is 0.363 e. The molecule has 1 saturated carbocycles. The molecule has 37 heavy (non-hydrogen) atoms. The third-order valence-electron chi connectivity index (χ3n) is 5.65. The first-order chi connectivity index (χ1) is 17.5. The minimum Gasteiger partial charge on any atom is -0.363 e. The van der Waals surface area contributed by atoms with Gasteiger partial charge < -0.3 is 22.8 Å². The molecule has 1 aliphatic rings. The Labute approximate surface area is 219 Å². The topological polar surface area (TPSA) is 145 Å². The summed E-state index contributed by atoms with van der Waals surface area (Å²) in [6, 6.07) is 3.24. The van der Waals surface area contributed by atoms with Crippen LogP contribution in [0.5, 0.6) is 0 Å². The van der Waals surface area contributed by atoms with Crippen LogP contribution >= 0.6 is 16.1 Å². The number of aromatic nitrogens is 2. The Bertz CT molecular complexity index is 1020. The zero-order chi connectivity index (χ0) is 27.6. The van der Waals surface area contributed by atoms with Crippen molar-refractivity contribution in [1.29, 1.82) is 5.26 Å². The monoisotopic (exact) mass is 562 g/mol. The van der Waals surface area contributed by atoms with E-state index >= 15 is 0 Å². The van der Waals surface area contributed by atoms with E-state index in [-0.39, 0.29) is 50.7 Å². The SMILES string of the molecule is CCOP(=O)(CO[C@H]1C[C@@H](n2ccc(=O)[nH]c2=O)CC1OP(OCCC#N)N(C(C)C)C(C)C)OCC. The molecule has 210 valence electrons. The highest BCUT2D eigenvalue weighted by atomic mass is 31.2. The van der Waals surface area contributed by atoms with Crippen LogP contribution < -0.4 is 11.2 Å². The summed E-state index contributed by atoms with van der Waals surface area (Å²) >= 11 is 0. The van der Waals surface area contributed by atoms with Gasteiger partial charge in [-0.1, -0.05) is 0 Å². The van der Waals surface area contributed by atoms with Gasteiger partial charge in [-0.15, -0.1) is 0 Å². The quantitative estimate of drug-likeness (QED) is 0.230. The number of H-pyrrole nitrogens is 1. The molecule has 1 N–H and O–H groups in total. The fraction of sp³-hybridized carbons (Fsp3) is 0.783. The molecule has 0 spiro atoms. The van der Waals surface area contributed by atoms with E-state index in [4.69, 9.17) is 28.1 Å². The molecule has 4 atom stereocenters. The Morgan fingerprint density at radius 3 is 2.32 bits per heavy atom. The van der Waals surface area contributed by atoms with Crippen LogP contribution in [0.15, 0.2) is 21.9 Å². The number of nitrogens with zero attached hydrogens (tertiary/aromatic N) is 3. The van der Waals surface area contributed by atoms with Crippen molar-refractivity contribution in [3.8, 4) is 6.07 Å². The van der Waals surface area contributed by atoms with Crippen LogP contribution in [-0.4, -0.2) is 64.7 Å². The molecular weight excluding hydrogens is 522 g/mol. The van der Waals surface area contributed by atoms with Gasteiger partial charge in [-0.3, -0.25) is 18.9 Å². The minimum atomic E-state index is -3.48. The van der Waals surface area contributed by atoms with Gasteiger partial charge in [-0.05, 0) is 54.4 Å². The van der Waals surface area contributed by atoms with Crippen molar-refractivity contribution in [2.75, 3.05) is 26.2 Å². The summed E-state index contributed by atoms with van der Waals surface area (Å²) in [5, 5.41) is 9.00. The number of nitrogens with one attached hydrogen (secondary N) is 1. The van der Waals surface area contributed by atoms with E-state index in [1.54, 1.807) is 13.8 Å². The molecule has 1 aliphatic carbocycles. The molecule has 1 aromatic rings. The third kappa shape index (κ3) is 9.38. The van der Waals surface area contributed by atoms with E-state index < -0.39 is 39.6 Å². The van der Waals surface area contributed by atoms with Gasteiger partial charge in [0.1, 0.15) is 6.35 Å². The number of ether oxygens (including phenoxy) is 1. The average molecular weight is 563 g/mol. The highest BCUT2D eigenvalue weighted by Crippen LogP contribution is 2.52. The summed E-state index contributed by atoms with van der Waals surface area (Å²) in [6.45, 7) is 12.2. The van der Waals surface area contributed by atoms with Gasteiger partial charge in [0.15, 0.2) is 0 Å². The Morgan fingerprint density at radius 2 is 1.78 bits per heavy atom. The normalized spacial score (nSPS) is 21.1. The van der Waals surface area contributed by atoms with Crippen molar-refractivity contribution >= 4 is 16.1 Å². The van der Waals surface area contributed by atoms with Gasteiger partial charge in [-0.2, -0.15) is 5.26 Å². The summed E-state index contributed by atoms with van der Waals surface area (Å²) in [4.78, 5) is 26.4. The first-order valence-electron chi connectivity index (χ1n) is 12.6. The number of hydrogen-bond acceptors (Lipinski definition) is 10. The maximum absolute atomic E-state index is 13.0. The van der Waals surface area contributed by atoms with Crippen molar-refractivity contribution in [3.05, 3.63) is 33.1 Å². The Hall–Kier alpha value is -1.41. The lowest BCUT2D eigenvalue weighted by molar-refractivity contribution is -0.00320. The zero-order valence-electron chi connectivity index (χ0n) is 22.5. The van der Waals surface area contributed by atoms with Crippen LogP contribution in [0.4, 0.5) is 0 Å². The van der Waals surface area contributed by atoms with E-state index in [0.29, 0.717) is 12.8 Å². The van der Waals surface area contributed by atoms with Crippen LogP contribution in [0.2, 0.25) is 0 Å². The lowest BCUT2D eigenvalue weighted by Crippen LogP contribution is -2.36. The molecule has 1 fully saturated rings.